The van der Waals surface area contributed by atoms with Crippen molar-refractivity contribution in [2.75, 3.05) is 26.8 Å². The second-order valence-electron chi connectivity index (χ2n) is 3.64. The van der Waals surface area contributed by atoms with Crippen LogP contribution in [0.4, 0.5) is 4.79 Å². The van der Waals surface area contributed by atoms with Gasteiger partial charge in [-0.1, -0.05) is 0 Å². The van der Waals surface area contributed by atoms with E-state index in [1.165, 1.54) is 7.11 Å². The number of methoxy groups -OCH3 is 1. The summed E-state index contributed by atoms with van der Waals surface area (Å²) in [5.74, 6) is -1.41. The summed E-state index contributed by atoms with van der Waals surface area (Å²) in [6, 6.07) is -0.487. The van der Waals surface area contributed by atoms with E-state index >= 15 is 0 Å². The van der Waals surface area contributed by atoms with Crippen molar-refractivity contribution in [3.63, 3.8) is 0 Å². The summed E-state index contributed by atoms with van der Waals surface area (Å²) < 4.78 is 9.58. The van der Waals surface area contributed by atoms with Crippen molar-refractivity contribution >= 4 is 18.0 Å². The van der Waals surface area contributed by atoms with Gasteiger partial charge in [0.2, 0.25) is 0 Å². The fourth-order valence-electron chi connectivity index (χ4n) is 1.27. The summed E-state index contributed by atoms with van der Waals surface area (Å²) >= 11 is 0. The van der Waals surface area contributed by atoms with Crippen molar-refractivity contribution in [2.24, 2.45) is 0 Å². The van der Waals surface area contributed by atoms with E-state index in [-0.39, 0.29) is 25.9 Å². The molecule has 0 heterocycles. The van der Waals surface area contributed by atoms with Gasteiger partial charge in [-0.05, 0) is 6.92 Å². The molecule has 0 aliphatic heterocycles. The fourth-order valence-corrected chi connectivity index (χ4v) is 1.27. The Hall–Kier alpha value is -1.83. The zero-order valence-electron chi connectivity index (χ0n) is 11.1. The number of ether oxygens (including phenoxy) is 2. The van der Waals surface area contributed by atoms with Crippen LogP contribution < -0.4 is 10.6 Å². The molecular weight excluding hydrogens is 256 g/mol. The predicted octanol–water partition coefficient (Wildman–Crippen LogP) is -0.271. The third-order valence-electron chi connectivity index (χ3n) is 2.14. The monoisotopic (exact) mass is 276 g/mol. The summed E-state index contributed by atoms with van der Waals surface area (Å²) in [5.41, 5.74) is 0. The summed E-state index contributed by atoms with van der Waals surface area (Å²) in [6.45, 7) is 2.34. The standard InChI is InChI=1S/C11H20N2O6/c1-3-19-8(6-9(14)15)7-13-11(17)12-5-4-10(16)18-2/h8H,3-7H2,1-2H3,(H,14,15)(H2,12,13,17). The highest BCUT2D eigenvalue weighted by molar-refractivity contribution is 5.75. The lowest BCUT2D eigenvalue weighted by atomic mass is 10.2. The fraction of sp³-hybridized carbons (Fsp3) is 0.727. The van der Waals surface area contributed by atoms with E-state index in [9.17, 15) is 14.4 Å². The quantitative estimate of drug-likeness (QED) is 0.499. The maximum atomic E-state index is 11.3. The maximum Gasteiger partial charge on any atom is 0.314 e. The van der Waals surface area contributed by atoms with Gasteiger partial charge in [0.05, 0.1) is 26.1 Å². The molecule has 0 rings (SSSR count). The SMILES string of the molecule is CCOC(CNC(=O)NCCC(=O)OC)CC(=O)O. The molecule has 8 nitrogen and oxygen atoms in total. The van der Waals surface area contributed by atoms with Gasteiger partial charge in [-0.3, -0.25) is 9.59 Å². The van der Waals surface area contributed by atoms with Crippen LogP contribution in [-0.2, 0) is 19.1 Å². The van der Waals surface area contributed by atoms with Crippen LogP contribution in [0.3, 0.4) is 0 Å². The Bertz CT molecular complexity index is 308. The van der Waals surface area contributed by atoms with Crippen molar-refractivity contribution in [1.29, 1.82) is 0 Å². The highest BCUT2D eigenvalue weighted by Gasteiger charge is 2.14. The molecule has 0 bridgehead atoms. The largest absolute Gasteiger partial charge is 0.481 e. The number of carbonyl (C=O) groups excluding carboxylic acids is 2. The first-order valence-corrected chi connectivity index (χ1v) is 5.91. The average molecular weight is 276 g/mol. The molecule has 0 aromatic heterocycles. The molecule has 8 heteroatoms. The molecule has 0 aliphatic carbocycles. The van der Waals surface area contributed by atoms with Crippen molar-refractivity contribution in [3.05, 3.63) is 0 Å². The zero-order valence-corrected chi connectivity index (χ0v) is 11.1. The van der Waals surface area contributed by atoms with E-state index in [2.05, 4.69) is 15.4 Å². The second-order valence-corrected chi connectivity index (χ2v) is 3.64. The second kappa shape index (κ2) is 10.1. The predicted molar refractivity (Wildman–Crippen MR) is 65.7 cm³/mol. The first-order valence-electron chi connectivity index (χ1n) is 5.91. The van der Waals surface area contributed by atoms with Gasteiger partial charge >= 0.3 is 18.0 Å². The molecule has 0 radical (unpaired) electrons. The molecule has 0 saturated heterocycles. The highest BCUT2D eigenvalue weighted by atomic mass is 16.5. The number of rotatable bonds is 9. The van der Waals surface area contributed by atoms with Crippen LogP contribution >= 0.6 is 0 Å². The molecule has 0 spiro atoms. The van der Waals surface area contributed by atoms with Crippen molar-refractivity contribution in [3.8, 4) is 0 Å². The van der Waals surface area contributed by atoms with Crippen LogP contribution in [-0.4, -0.2) is 56.0 Å². The van der Waals surface area contributed by atoms with E-state index in [1.54, 1.807) is 6.92 Å². The summed E-state index contributed by atoms with van der Waals surface area (Å²) in [4.78, 5) is 32.7. The third-order valence-corrected chi connectivity index (χ3v) is 2.14. The lowest BCUT2D eigenvalue weighted by Gasteiger charge is -2.15. The average Bonchev–Trinajstić information content (AvgIpc) is 2.35. The molecule has 1 unspecified atom stereocenters. The van der Waals surface area contributed by atoms with Crippen molar-refractivity contribution < 1.29 is 29.0 Å². The number of esters is 1. The lowest BCUT2D eigenvalue weighted by Crippen LogP contribution is -2.41. The molecule has 1 atom stereocenters. The Morgan fingerprint density at radius 3 is 2.47 bits per heavy atom. The molecule has 0 aliphatic rings. The number of nitrogens with one attached hydrogen (secondary N) is 2. The Morgan fingerprint density at radius 1 is 1.26 bits per heavy atom. The van der Waals surface area contributed by atoms with Crippen LogP contribution in [0, 0.1) is 0 Å². The van der Waals surface area contributed by atoms with E-state index in [0.717, 1.165) is 0 Å². The van der Waals surface area contributed by atoms with Gasteiger partial charge in [-0.15, -0.1) is 0 Å². The number of amides is 2. The number of carbonyl (C=O) groups is 3. The minimum atomic E-state index is -0.994. The van der Waals surface area contributed by atoms with Crippen LogP contribution in [0.1, 0.15) is 19.8 Å². The van der Waals surface area contributed by atoms with E-state index in [1.807, 2.05) is 0 Å². The number of carboxylic acids is 1. The summed E-state index contributed by atoms with van der Waals surface area (Å²) in [5, 5.41) is 13.6. The van der Waals surface area contributed by atoms with E-state index in [4.69, 9.17) is 9.84 Å². The van der Waals surface area contributed by atoms with Crippen molar-refractivity contribution in [2.45, 2.75) is 25.9 Å². The number of hydrogen-bond donors (Lipinski definition) is 3. The first-order chi connectivity index (χ1) is 8.99. The number of aliphatic carboxylic acids is 1. The van der Waals surface area contributed by atoms with Crippen LogP contribution in [0.5, 0.6) is 0 Å². The molecule has 19 heavy (non-hydrogen) atoms. The number of carboxylic acid groups (broad SMARTS) is 1. The molecule has 0 fully saturated rings. The van der Waals surface area contributed by atoms with E-state index < -0.39 is 24.1 Å². The van der Waals surface area contributed by atoms with Gasteiger partial charge in [-0.2, -0.15) is 0 Å². The van der Waals surface area contributed by atoms with E-state index in [0.29, 0.717) is 6.61 Å². The van der Waals surface area contributed by atoms with Gasteiger partial charge in [-0.25, -0.2) is 4.79 Å². The first kappa shape index (κ1) is 17.2. The van der Waals surface area contributed by atoms with Gasteiger partial charge in [0.1, 0.15) is 0 Å². The van der Waals surface area contributed by atoms with Crippen molar-refractivity contribution in [1.82, 2.24) is 10.6 Å². The molecule has 2 amide bonds. The maximum absolute atomic E-state index is 11.3. The summed E-state index contributed by atoms with van der Waals surface area (Å²) in [6.07, 6.45) is -0.682. The highest BCUT2D eigenvalue weighted by Crippen LogP contribution is 1.97. The topological polar surface area (TPSA) is 114 Å². The zero-order chi connectivity index (χ0) is 14.7. The lowest BCUT2D eigenvalue weighted by molar-refractivity contribution is -0.141. The molecule has 0 aromatic carbocycles. The Morgan fingerprint density at radius 2 is 1.95 bits per heavy atom. The van der Waals surface area contributed by atoms with Gasteiger partial charge < -0.3 is 25.2 Å². The Labute approximate surface area is 111 Å². The summed E-state index contributed by atoms with van der Waals surface area (Å²) in [7, 11) is 1.26. The normalized spacial score (nSPS) is 11.5. The minimum absolute atomic E-state index is 0.0773. The smallest absolute Gasteiger partial charge is 0.314 e. The Balaban J connectivity index is 3.84. The molecule has 0 aromatic rings. The number of hydrogen-bond acceptors (Lipinski definition) is 5. The molecule has 110 valence electrons. The molecule has 3 N–H and O–H groups in total. The van der Waals surface area contributed by atoms with Crippen LogP contribution in [0.15, 0.2) is 0 Å². The van der Waals surface area contributed by atoms with Crippen LogP contribution in [0.25, 0.3) is 0 Å². The molecular formula is C11H20N2O6. The van der Waals surface area contributed by atoms with Gasteiger partial charge in [0.15, 0.2) is 0 Å². The van der Waals surface area contributed by atoms with Gasteiger partial charge in [0, 0.05) is 19.7 Å². The molecule has 0 saturated carbocycles. The van der Waals surface area contributed by atoms with Gasteiger partial charge in [0.25, 0.3) is 0 Å². The van der Waals surface area contributed by atoms with Crippen LogP contribution in [0.2, 0.25) is 0 Å². The third kappa shape index (κ3) is 9.83. The Kier molecular flexibility index (Phi) is 9.15. The number of urea groups is 1. The minimum Gasteiger partial charge on any atom is -0.481 e.